The summed E-state index contributed by atoms with van der Waals surface area (Å²) in [7, 11) is -5.37. The first-order chi connectivity index (χ1) is 10.6. The molecule has 2 aromatic carbocycles. The van der Waals surface area contributed by atoms with Crippen molar-refractivity contribution >= 4 is 26.8 Å². The number of hydrogen-bond acceptors (Lipinski definition) is 4. The molecular weight excluding hydrogens is 355 g/mol. The van der Waals surface area contributed by atoms with Gasteiger partial charge in [0.2, 0.25) is 0 Å². The monoisotopic (exact) mass is 364 g/mol. The Kier molecular flexibility index (Phi) is 4.78. The average molecular weight is 364 g/mol. The minimum atomic E-state index is -5.37. The Morgan fingerprint density at radius 1 is 0.913 bits per heavy atom. The van der Waals surface area contributed by atoms with Crippen LogP contribution in [0, 0.1) is 0 Å². The first-order valence-electron chi connectivity index (χ1n) is 5.99. The molecule has 0 fully saturated rings. The lowest BCUT2D eigenvalue weighted by molar-refractivity contribution is -0.0436. The third kappa shape index (κ3) is 3.89. The van der Waals surface area contributed by atoms with E-state index in [1.54, 1.807) is 12.1 Å². The highest BCUT2D eigenvalue weighted by atomic mass is 32.2. The Morgan fingerprint density at radius 2 is 1.35 bits per heavy atom. The van der Waals surface area contributed by atoms with E-state index in [4.69, 9.17) is 0 Å². The molecule has 0 aliphatic carbocycles. The lowest BCUT2D eigenvalue weighted by Gasteiger charge is -2.10. The summed E-state index contributed by atoms with van der Waals surface area (Å²) in [6.07, 6.45) is 0. The summed E-state index contributed by atoms with van der Waals surface area (Å²) in [4.78, 5) is -0.839. The van der Waals surface area contributed by atoms with E-state index in [0.29, 0.717) is 16.8 Å². The lowest BCUT2D eigenvalue weighted by Crippen LogP contribution is -2.23. The van der Waals surface area contributed by atoms with Gasteiger partial charge < -0.3 is 9.27 Å². The number of halogens is 3. The van der Waals surface area contributed by atoms with Crippen LogP contribution in [0.15, 0.2) is 53.4 Å². The Hall–Kier alpha value is -1.91. The molecule has 0 saturated carbocycles. The van der Waals surface area contributed by atoms with E-state index >= 15 is 0 Å². The van der Waals surface area contributed by atoms with Crippen LogP contribution in [0.1, 0.15) is 0 Å². The van der Waals surface area contributed by atoms with Gasteiger partial charge in [-0.3, -0.25) is 4.21 Å². The molecule has 1 unspecified atom stereocenters. The summed E-state index contributed by atoms with van der Waals surface area (Å²) in [5, 5.41) is 0. The molecule has 1 atom stereocenters. The zero-order chi connectivity index (χ0) is 17.3. The minimum Gasteiger partial charge on any atom is -0.755 e. The number of benzene rings is 2. The number of anilines is 1. The average Bonchev–Trinajstić information content (AvgIpc) is 2.46. The zero-order valence-corrected chi connectivity index (χ0v) is 12.8. The van der Waals surface area contributed by atoms with E-state index < -0.39 is 31.5 Å². The number of hydrogen-bond donors (Lipinski definition) is 1. The molecule has 0 radical (unpaired) electrons. The van der Waals surface area contributed by atoms with Crippen LogP contribution >= 0.6 is 0 Å². The summed E-state index contributed by atoms with van der Waals surface area (Å²) < 4.78 is 82.9. The van der Waals surface area contributed by atoms with Crippen molar-refractivity contribution in [2.45, 2.75) is 10.4 Å². The number of alkyl halides is 3. The van der Waals surface area contributed by atoms with Gasteiger partial charge >= 0.3 is 5.51 Å². The molecule has 5 nitrogen and oxygen atoms in total. The smallest absolute Gasteiger partial charge is 0.501 e. The normalized spacial score (nSPS) is 13.6. The molecule has 0 heterocycles. The summed E-state index contributed by atoms with van der Waals surface area (Å²) >= 11 is -2.46. The Morgan fingerprint density at radius 3 is 1.74 bits per heavy atom. The number of rotatable bonds is 4. The van der Waals surface area contributed by atoms with Gasteiger partial charge in [0.1, 0.15) is 0 Å². The highest BCUT2D eigenvalue weighted by Gasteiger charge is 2.46. The van der Waals surface area contributed by atoms with E-state index in [0.717, 1.165) is 12.1 Å². The molecule has 124 valence electrons. The lowest BCUT2D eigenvalue weighted by atomic mass is 10.1. The van der Waals surface area contributed by atoms with Crippen LogP contribution in [0.4, 0.5) is 18.9 Å². The molecule has 2 aromatic rings. The summed E-state index contributed by atoms with van der Waals surface area (Å²) in [5.74, 6) is 0. The standard InChI is InChI=1S/C13H10F3NO4S2/c14-13(15,16)23(20,21)12-7-3-10(4-8-12)9-1-5-11(6-2-9)17-22(18)19/h1-8,17H,(H,18,19)/p-1. The van der Waals surface area contributed by atoms with Crippen LogP contribution in [0.5, 0.6) is 0 Å². The Balaban J connectivity index is 2.28. The van der Waals surface area contributed by atoms with E-state index in [-0.39, 0.29) is 0 Å². The first kappa shape index (κ1) is 17.4. The highest BCUT2D eigenvalue weighted by molar-refractivity contribution is 7.92. The van der Waals surface area contributed by atoms with E-state index in [1.807, 2.05) is 0 Å². The SMILES string of the molecule is O=S([O-])Nc1ccc(-c2ccc(S(=O)(=O)C(F)(F)F)cc2)cc1. The second kappa shape index (κ2) is 6.30. The molecule has 10 heteroatoms. The number of nitrogens with one attached hydrogen (secondary N) is 1. The first-order valence-corrected chi connectivity index (χ1v) is 8.55. The maximum atomic E-state index is 12.4. The van der Waals surface area contributed by atoms with Gasteiger partial charge in [-0.1, -0.05) is 24.3 Å². The fourth-order valence-corrected chi connectivity index (χ4v) is 2.88. The van der Waals surface area contributed by atoms with E-state index in [2.05, 4.69) is 4.72 Å². The molecule has 0 aliphatic rings. The van der Waals surface area contributed by atoms with Gasteiger partial charge in [0.15, 0.2) is 0 Å². The van der Waals surface area contributed by atoms with Gasteiger partial charge in [-0.25, -0.2) is 8.42 Å². The molecule has 2 rings (SSSR count). The third-order valence-corrected chi connectivity index (χ3v) is 4.79. The van der Waals surface area contributed by atoms with Crippen molar-refractivity contribution in [3.63, 3.8) is 0 Å². The van der Waals surface area contributed by atoms with E-state index in [9.17, 15) is 30.4 Å². The quantitative estimate of drug-likeness (QED) is 0.845. The molecule has 0 spiro atoms. The summed E-state index contributed by atoms with van der Waals surface area (Å²) in [5.41, 5.74) is -3.96. The van der Waals surface area contributed by atoms with Crippen LogP contribution in [0.3, 0.4) is 0 Å². The molecule has 0 saturated heterocycles. The van der Waals surface area contributed by atoms with Crippen molar-refractivity contribution < 1.29 is 30.4 Å². The van der Waals surface area contributed by atoms with Crippen molar-refractivity contribution in [1.29, 1.82) is 0 Å². The topological polar surface area (TPSA) is 86.3 Å². The predicted molar refractivity (Wildman–Crippen MR) is 77.7 cm³/mol. The Labute approximate surface area is 132 Å². The fourth-order valence-electron chi connectivity index (χ4n) is 1.79. The van der Waals surface area contributed by atoms with Crippen molar-refractivity contribution in [1.82, 2.24) is 0 Å². The maximum absolute atomic E-state index is 12.4. The van der Waals surface area contributed by atoms with Crippen molar-refractivity contribution in [2.24, 2.45) is 0 Å². The van der Waals surface area contributed by atoms with Crippen LogP contribution in [-0.2, 0) is 21.1 Å². The van der Waals surface area contributed by atoms with Gasteiger partial charge in [-0.05, 0) is 35.4 Å². The van der Waals surface area contributed by atoms with Gasteiger partial charge in [0.05, 0.1) is 4.90 Å². The molecule has 0 amide bonds. The van der Waals surface area contributed by atoms with Crippen molar-refractivity contribution in [3.05, 3.63) is 48.5 Å². The van der Waals surface area contributed by atoms with Crippen molar-refractivity contribution in [2.75, 3.05) is 4.72 Å². The fraction of sp³-hybridized carbons (Fsp3) is 0.0769. The second-order valence-electron chi connectivity index (χ2n) is 4.39. The van der Waals surface area contributed by atoms with Gasteiger partial charge in [0, 0.05) is 17.0 Å². The highest BCUT2D eigenvalue weighted by Crippen LogP contribution is 2.31. The molecule has 0 aliphatic heterocycles. The Bertz CT molecular complexity index is 816. The van der Waals surface area contributed by atoms with Gasteiger partial charge in [-0.15, -0.1) is 0 Å². The van der Waals surface area contributed by atoms with Gasteiger partial charge in [0.25, 0.3) is 9.84 Å². The maximum Gasteiger partial charge on any atom is 0.501 e. The molecule has 1 N–H and O–H groups in total. The van der Waals surface area contributed by atoms with Crippen LogP contribution in [-0.4, -0.2) is 22.7 Å². The van der Waals surface area contributed by atoms with E-state index in [1.165, 1.54) is 24.3 Å². The summed E-state index contributed by atoms with van der Waals surface area (Å²) in [6.45, 7) is 0. The molecule has 0 bridgehead atoms. The van der Waals surface area contributed by atoms with Crippen LogP contribution < -0.4 is 4.72 Å². The molecule has 0 aromatic heterocycles. The van der Waals surface area contributed by atoms with Crippen LogP contribution in [0.2, 0.25) is 0 Å². The van der Waals surface area contributed by atoms with Crippen molar-refractivity contribution in [3.8, 4) is 11.1 Å². The number of sulfone groups is 1. The largest absolute Gasteiger partial charge is 0.755 e. The minimum absolute atomic E-state index is 0.318. The second-order valence-corrected chi connectivity index (χ2v) is 7.00. The molecule has 23 heavy (non-hydrogen) atoms. The van der Waals surface area contributed by atoms with Gasteiger partial charge in [-0.2, -0.15) is 13.2 Å². The predicted octanol–water partition coefficient (Wildman–Crippen LogP) is 2.85. The molecular formula is C13H9F3NO4S2-. The zero-order valence-electron chi connectivity index (χ0n) is 11.2. The summed E-state index contributed by atoms with van der Waals surface area (Å²) in [6, 6.07) is 10.2. The van der Waals surface area contributed by atoms with Crippen LogP contribution in [0.25, 0.3) is 11.1 Å². The third-order valence-electron chi connectivity index (χ3n) is 2.89.